The molecule has 0 aliphatic carbocycles. The Morgan fingerprint density at radius 3 is 3.11 bits per heavy atom. The molecule has 1 N–H and O–H groups in total. The second-order valence-electron chi connectivity index (χ2n) is 4.92. The summed E-state index contributed by atoms with van der Waals surface area (Å²) in [4.78, 5) is 0. The predicted octanol–water partition coefficient (Wildman–Crippen LogP) is 1.82. The van der Waals surface area contributed by atoms with Crippen LogP contribution in [-0.4, -0.2) is 22.9 Å². The predicted molar refractivity (Wildman–Crippen MR) is 73.8 cm³/mol. The quantitative estimate of drug-likeness (QED) is 0.908. The Balaban J connectivity index is 1.59. The number of fused-ring (bicyclic) bond motifs is 1. The van der Waals surface area contributed by atoms with Crippen molar-refractivity contribution in [2.24, 2.45) is 7.05 Å². The van der Waals surface area contributed by atoms with Gasteiger partial charge in [0.2, 0.25) is 0 Å². The second kappa shape index (κ2) is 5.55. The highest BCUT2D eigenvalue weighted by Crippen LogP contribution is 2.26. The van der Waals surface area contributed by atoms with Crippen LogP contribution in [0, 0.1) is 0 Å². The van der Waals surface area contributed by atoms with E-state index in [-0.39, 0.29) is 6.10 Å². The van der Waals surface area contributed by atoms with E-state index < -0.39 is 0 Å². The van der Waals surface area contributed by atoms with Crippen LogP contribution in [0.15, 0.2) is 36.5 Å². The number of rotatable bonds is 4. The lowest BCUT2D eigenvalue weighted by atomic mass is 9.97. The fourth-order valence-corrected chi connectivity index (χ4v) is 2.53. The smallest absolute Gasteiger partial charge is 0.0952 e. The minimum atomic E-state index is 0.161. The number of aryl methyl sites for hydroxylation is 1. The van der Waals surface area contributed by atoms with Gasteiger partial charge in [-0.1, -0.05) is 24.3 Å². The topological polar surface area (TPSA) is 39.1 Å². The van der Waals surface area contributed by atoms with E-state index in [0.717, 1.165) is 31.8 Å². The van der Waals surface area contributed by atoms with Crippen LogP contribution in [0.4, 0.5) is 0 Å². The molecule has 19 heavy (non-hydrogen) atoms. The number of benzene rings is 1. The highest BCUT2D eigenvalue weighted by Gasteiger charge is 2.19. The summed E-state index contributed by atoms with van der Waals surface area (Å²) in [6.45, 7) is 2.42. The fraction of sp³-hybridized carbons (Fsp3) is 0.400. The summed E-state index contributed by atoms with van der Waals surface area (Å²) < 4.78 is 7.68. The van der Waals surface area contributed by atoms with E-state index in [1.54, 1.807) is 0 Å². The van der Waals surface area contributed by atoms with Crippen LogP contribution < -0.4 is 5.32 Å². The highest BCUT2D eigenvalue weighted by molar-refractivity contribution is 5.31. The van der Waals surface area contributed by atoms with Gasteiger partial charge in [-0.15, -0.1) is 0 Å². The van der Waals surface area contributed by atoms with Gasteiger partial charge in [-0.2, -0.15) is 5.10 Å². The molecular formula is C15H19N3O. The molecule has 0 amide bonds. The molecule has 0 radical (unpaired) electrons. The lowest BCUT2D eigenvalue weighted by Crippen LogP contribution is -2.27. The third kappa shape index (κ3) is 2.85. The number of nitrogens with one attached hydrogen (secondary N) is 1. The molecular weight excluding hydrogens is 238 g/mol. The number of hydrogen-bond acceptors (Lipinski definition) is 3. The summed E-state index contributed by atoms with van der Waals surface area (Å²) in [5.41, 5.74) is 3.80. The maximum atomic E-state index is 5.86. The van der Waals surface area contributed by atoms with Crippen LogP contribution >= 0.6 is 0 Å². The first kappa shape index (κ1) is 12.4. The Bertz CT molecular complexity index is 550. The summed E-state index contributed by atoms with van der Waals surface area (Å²) in [5.74, 6) is 0. The molecule has 1 aromatic carbocycles. The molecule has 1 aliphatic heterocycles. The fourth-order valence-electron chi connectivity index (χ4n) is 2.53. The molecule has 1 atom stereocenters. The molecule has 0 saturated carbocycles. The molecule has 100 valence electrons. The average Bonchev–Trinajstić information content (AvgIpc) is 2.85. The van der Waals surface area contributed by atoms with Gasteiger partial charge < -0.3 is 10.1 Å². The molecule has 1 aromatic heterocycles. The minimum Gasteiger partial charge on any atom is -0.372 e. The van der Waals surface area contributed by atoms with Gasteiger partial charge in [-0.05, 0) is 23.6 Å². The van der Waals surface area contributed by atoms with Crippen molar-refractivity contribution in [2.45, 2.75) is 19.1 Å². The molecule has 2 aromatic rings. The van der Waals surface area contributed by atoms with Crippen molar-refractivity contribution in [2.75, 3.05) is 13.2 Å². The van der Waals surface area contributed by atoms with Gasteiger partial charge in [0.25, 0.3) is 0 Å². The van der Waals surface area contributed by atoms with Crippen LogP contribution in [-0.2, 0) is 24.8 Å². The van der Waals surface area contributed by atoms with Crippen molar-refractivity contribution in [3.63, 3.8) is 0 Å². The summed E-state index contributed by atoms with van der Waals surface area (Å²) >= 11 is 0. The number of nitrogens with zero attached hydrogens (tertiary/aromatic N) is 2. The largest absolute Gasteiger partial charge is 0.372 e. The van der Waals surface area contributed by atoms with E-state index in [4.69, 9.17) is 4.74 Å². The number of aromatic nitrogens is 2. The highest BCUT2D eigenvalue weighted by atomic mass is 16.5. The van der Waals surface area contributed by atoms with Gasteiger partial charge in [0.15, 0.2) is 0 Å². The van der Waals surface area contributed by atoms with Gasteiger partial charge in [-0.3, -0.25) is 4.68 Å². The maximum Gasteiger partial charge on any atom is 0.0952 e. The third-order valence-corrected chi connectivity index (χ3v) is 3.50. The normalized spacial score (nSPS) is 18.3. The lowest BCUT2D eigenvalue weighted by molar-refractivity contribution is 0.0423. The molecule has 1 unspecified atom stereocenters. The van der Waals surface area contributed by atoms with E-state index in [1.807, 2.05) is 24.0 Å². The van der Waals surface area contributed by atoms with Gasteiger partial charge in [0, 0.05) is 26.3 Å². The van der Waals surface area contributed by atoms with Gasteiger partial charge in [0.1, 0.15) is 0 Å². The van der Waals surface area contributed by atoms with E-state index in [1.165, 1.54) is 11.1 Å². The first-order valence-corrected chi connectivity index (χ1v) is 6.71. The van der Waals surface area contributed by atoms with E-state index in [9.17, 15) is 0 Å². The van der Waals surface area contributed by atoms with E-state index in [2.05, 4.69) is 34.7 Å². The Hall–Kier alpha value is -1.65. The summed E-state index contributed by atoms with van der Waals surface area (Å²) in [6.07, 6.45) is 3.14. The molecule has 0 bridgehead atoms. The first-order valence-electron chi connectivity index (χ1n) is 6.71. The van der Waals surface area contributed by atoms with Gasteiger partial charge >= 0.3 is 0 Å². The Labute approximate surface area is 113 Å². The zero-order valence-corrected chi connectivity index (χ0v) is 11.2. The van der Waals surface area contributed by atoms with Crippen molar-refractivity contribution < 1.29 is 4.74 Å². The van der Waals surface area contributed by atoms with Crippen LogP contribution in [0.25, 0.3) is 0 Å². The van der Waals surface area contributed by atoms with Crippen molar-refractivity contribution in [1.82, 2.24) is 15.1 Å². The van der Waals surface area contributed by atoms with Crippen LogP contribution in [0.2, 0.25) is 0 Å². The van der Waals surface area contributed by atoms with Crippen molar-refractivity contribution >= 4 is 0 Å². The first-order chi connectivity index (χ1) is 9.33. The van der Waals surface area contributed by atoms with Crippen molar-refractivity contribution in [1.29, 1.82) is 0 Å². The van der Waals surface area contributed by atoms with Gasteiger partial charge in [-0.25, -0.2) is 0 Å². The summed E-state index contributed by atoms with van der Waals surface area (Å²) in [5, 5.41) is 7.78. The standard InChI is InChI=1S/C15H19N3O/c1-18-8-6-13(17-18)10-16-11-15-14-5-3-2-4-12(14)7-9-19-15/h2-6,8,15-16H,7,9-11H2,1H3. The van der Waals surface area contributed by atoms with Crippen molar-refractivity contribution in [3.05, 3.63) is 53.3 Å². The zero-order chi connectivity index (χ0) is 13.1. The third-order valence-electron chi connectivity index (χ3n) is 3.50. The summed E-state index contributed by atoms with van der Waals surface area (Å²) in [6, 6.07) is 10.6. The number of ether oxygens (including phenoxy) is 1. The zero-order valence-electron chi connectivity index (χ0n) is 11.2. The number of hydrogen-bond donors (Lipinski definition) is 1. The molecule has 1 aliphatic rings. The molecule has 3 rings (SSSR count). The van der Waals surface area contributed by atoms with Crippen LogP contribution in [0.5, 0.6) is 0 Å². The minimum absolute atomic E-state index is 0.161. The Morgan fingerprint density at radius 2 is 2.26 bits per heavy atom. The van der Waals surface area contributed by atoms with Crippen molar-refractivity contribution in [3.8, 4) is 0 Å². The SMILES string of the molecule is Cn1ccc(CNCC2OCCc3ccccc32)n1. The van der Waals surface area contributed by atoms with Crippen LogP contribution in [0.3, 0.4) is 0 Å². The van der Waals surface area contributed by atoms with E-state index >= 15 is 0 Å². The average molecular weight is 257 g/mol. The van der Waals surface area contributed by atoms with Gasteiger partial charge in [0.05, 0.1) is 18.4 Å². The Morgan fingerprint density at radius 1 is 1.37 bits per heavy atom. The lowest BCUT2D eigenvalue weighted by Gasteiger charge is -2.26. The van der Waals surface area contributed by atoms with E-state index in [0.29, 0.717) is 0 Å². The Kier molecular flexibility index (Phi) is 3.62. The monoisotopic (exact) mass is 257 g/mol. The van der Waals surface area contributed by atoms with Crippen LogP contribution in [0.1, 0.15) is 22.9 Å². The molecule has 0 fully saturated rings. The molecule has 2 heterocycles. The summed E-state index contributed by atoms with van der Waals surface area (Å²) in [7, 11) is 1.93. The molecule has 0 saturated heterocycles. The maximum absolute atomic E-state index is 5.86. The second-order valence-corrected chi connectivity index (χ2v) is 4.92. The molecule has 0 spiro atoms. The molecule has 4 nitrogen and oxygen atoms in total. The molecule has 4 heteroatoms.